The minimum Gasteiger partial charge on any atom is -0.345 e. The molecule has 0 spiro atoms. The number of carbonyl (C=O) groups is 2. The first-order valence-corrected chi connectivity index (χ1v) is 10.3. The third kappa shape index (κ3) is 4.41. The molecule has 0 atom stereocenters. The number of nitrogens with zero attached hydrogens (tertiary/aromatic N) is 2. The van der Waals surface area contributed by atoms with E-state index in [0.717, 1.165) is 5.69 Å². The third-order valence-electron chi connectivity index (χ3n) is 4.43. The summed E-state index contributed by atoms with van der Waals surface area (Å²) < 4.78 is 24.2. The lowest BCUT2D eigenvalue weighted by atomic mass is 10.1. The molecule has 1 amide bonds. The van der Waals surface area contributed by atoms with E-state index in [2.05, 4.69) is 10.4 Å². The Bertz CT molecular complexity index is 1170. The molecule has 0 aliphatic rings. The fourth-order valence-corrected chi connectivity index (χ4v) is 3.48. The van der Waals surface area contributed by atoms with Crippen LogP contribution in [-0.4, -0.2) is 29.9 Å². The molecule has 1 heterocycles. The van der Waals surface area contributed by atoms with Gasteiger partial charge in [-0.15, -0.1) is 0 Å². The number of benzene rings is 2. The molecule has 3 N–H and O–H groups in total. The Kier molecular flexibility index (Phi) is 5.62. The number of aryl methyl sites for hydroxylation is 1. The van der Waals surface area contributed by atoms with E-state index in [1.807, 2.05) is 30.3 Å². The fraction of sp³-hybridized carbons (Fsp3) is 0.150. The first-order valence-electron chi connectivity index (χ1n) is 8.74. The Morgan fingerprint density at radius 1 is 1.03 bits per heavy atom. The van der Waals surface area contributed by atoms with Gasteiger partial charge < -0.3 is 5.32 Å². The predicted molar refractivity (Wildman–Crippen MR) is 107 cm³/mol. The van der Waals surface area contributed by atoms with Crippen molar-refractivity contribution in [3.8, 4) is 5.69 Å². The monoisotopic (exact) mass is 412 g/mol. The minimum atomic E-state index is -3.78. The van der Waals surface area contributed by atoms with Crippen LogP contribution in [0.2, 0.25) is 0 Å². The molecule has 8 nitrogen and oxygen atoms in total. The maximum absolute atomic E-state index is 12.7. The number of para-hydroxylation sites is 1. The number of rotatable bonds is 6. The van der Waals surface area contributed by atoms with E-state index >= 15 is 0 Å². The van der Waals surface area contributed by atoms with Gasteiger partial charge in [0.2, 0.25) is 10.0 Å². The standard InChI is InChI=1S/C20H20N4O4S/c1-13-18(14(2)24(23-13)16-6-4-3-5-7-16)19(25)20(26)22-12-15-8-10-17(11-9-15)29(21,27)28/h3-11H,12H2,1-2H3,(H,22,26)(H2,21,27,28). The second-order valence-corrected chi connectivity index (χ2v) is 8.06. The molecule has 9 heteroatoms. The average molecular weight is 412 g/mol. The van der Waals surface area contributed by atoms with Gasteiger partial charge in [-0.25, -0.2) is 18.2 Å². The molecule has 3 aromatic rings. The highest BCUT2D eigenvalue weighted by atomic mass is 32.2. The molecular formula is C20H20N4O4S. The molecule has 0 radical (unpaired) electrons. The summed E-state index contributed by atoms with van der Waals surface area (Å²) in [7, 11) is -3.78. The number of amides is 1. The number of sulfonamides is 1. The van der Waals surface area contributed by atoms with Crippen molar-refractivity contribution in [2.45, 2.75) is 25.3 Å². The first-order chi connectivity index (χ1) is 13.7. The summed E-state index contributed by atoms with van der Waals surface area (Å²) in [5.74, 6) is -1.44. The van der Waals surface area contributed by atoms with E-state index in [4.69, 9.17) is 5.14 Å². The van der Waals surface area contributed by atoms with Crippen molar-refractivity contribution in [2.75, 3.05) is 0 Å². The molecule has 0 fully saturated rings. The van der Waals surface area contributed by atoms with Gasteiger partial charge in [-0.05, 0) is 43.7 Å². The zero-order chi connectivity index (χ0) is 21.2. The molecule has 0 unspecified atom stereocenters. The van der Waals surface area contributed by atoms with E-state index in [1.165, 1.54) is 24.3 Å². The van der Waals surface area contributed by atoms with Crippen LogP contribution in [0.1, 0.15) is 27.3 Å². The van der Waals surface area contributed by atoms with Crippen LogP contribution in [-0.2, 0) is 21.4 Å². The molecule has 1 aromatic heterocycles. The summed E-state index contributed by atoms with van der Waals surface area (Å²) in [6, 6.07) is 15.1. The predicted octanol–water partition coefficient (Wildman–Crippen LogP) is 1.64. The molecular weight excluding hydrogens is 392 g/mol. The summed E-state index contributed by atoms with van der Waals surface area (Å²) in [5.41, 5.74) is 2.72. The lowest BCUT2D eigenvalue weighted by Crippen LogP contribution is -2.31. The van der Waals surface area contributed by atoms with Gasteiger partial charge in [0.25, 0.3) is 11.7 Å². The maximum Gasteiger partial charge on any atom is 0.292 e. The summed E-state index contributed by atoms with van der Waals surface area (Å²) >= 11 is 0. The summed E-state index contributed by atoms with van der Waals surface area (Å²) in [5, 5.41) is 12.0. The number of primary sulfonamides is 1. The van der Waals surface area contributed by atoms with Crippen molar-refractivity contribution in [1.82, 2.24) is 15.1 Å². The first kappa shape index (κ1) is 20.4. The van der Waals surface area contributed by atoms with Crippen LogP contribution in [0, 0.1) is 13.8 Å². The topological polar surface area (TPSA) is 124 Å². The van der Waals surface area contributed by atoms with Crippen molar-refractivity contribution in [1.29, 1.82) is 0 Å². The zero-order valence-corrected chi connectivity index (χ0v) is 16.7. The lowest BCUT2D eigenvalue weighted by Gasteiger charge is -2.07. The Hall–Kier alpha value is -3.30. The highest BCUT2D eigenvalue weighted by Crippen LogP contribution is 2.18. The van der Waals surface area contributed by atoms with Gasteiger partial charge in [-0.1, -0.05) is 30.3 Å². The Morgan fingerprint density at radius 2 is 1.66 bits per heavy atom. The number of ketones is 1. The van der Waals surface area contributed by atoms with Gasteiger partial charge in [0.1, 0.15) is 0 Å². The number of aromatic nitrogens is 2. The van der Waals surface area contributed by atoms with Crippen LogP contribution in [0.25, 0.3) is 5.69 Å². The SMILES string of the molecule is Cc1nn(-c2ccccc2)c(C)c1C(=O)C(=O)NCc1ccc(S(N)(=O)=O)cc1. The number of nitrogens with one attached hydrogen (secondary N) is 1. The number of nitrogens with two attached hydrogens (primary N) is 1. The Balaban J connectivity index is 1.74. The molecule has 0 saturated heterocycles. The van der Waals surface area contributed by atoms with E-state index in [-0.39, 0.29) is 17.0 Å². The second kappa shape index (κ2) is 7.98. The summed E-state index contributed by atoms with van der Waals surface area (Å²) in [6.07, 6.45) is 0. The van der Waals surface area contributed by atoms with Crippen molar-refractivity contribution < 1.29 is 18.0 Å². The maximum atomic E-state index is 12.7. The van der Waals surface area contributed by atoms with Crippen LogP contribution in [0.15, 0.2) is 59.5 Å². The quantitative estimate of drug-likeness (QED) is 0.470. The zero-order valence-electron chi connectivity index (χ0n) is 15.9. The second-order valence-electron chi connectivity index (χ2n) is 6.49. The lowest BCUT2D eigenvalue weighted by molar-refractivity contribution is -0.117. The molecule has 0 saturated carbocycles. The fourth-order valence-electron chi connectivity index (χ4n) is 2.97. The van der Waals surface area contributed by atoms with Crippen molar-refractivity contribution in [2.24, 2.45) is 5.14 Å². The highest BCUT2D eigenvalue weighted by Gasteiger charge is 2.24. The van der Waals surface area contributed by atoms with E-state index in [9.17, 15) is 18.0 Å². The third-order valence-corrected chi connectivity index (χ3v) is 5.36. The van der Waals surface area contributed by atoms with E-state index < -0.39 is 21.7 Å². The van der Waals surface area contributed by atoms with Crippen LogP contribution in [0.4, 0.5) is 0 Å². The number of hydrogen-bond donors (Lipinski definition) is 2. The molecule has 0 aliphatic carbocycles. The van der Waals surface area contributed by atoms with Gasteiger partial charge in [-0.2, -0.15) is 5.10 Å². The summed E-state index contributed by atoms with van der Waals surface area (Å²) in [4.78, 5) is 25.0. The molecule has 2 aromatic carbocycles. The highest BCUT2D eigenvalue weighted by molar-refractivity contribution is 7.89. The smallest absolute Gasteiger partial charge is 0.292 e. The molecule has 0 aliphatic heterocycles. The van der Waals surface area contributed by atoms with E-state index in [0.29, 0.717) is 17.0 Å². The van der Waals surface area contributed by atoms with Crippen molar-refractivity contribution in [3.63, 3.8) is 0 Å². The van der Waals surface area contributed by atoms with Crippen molar-refractivity contribution >= 4 is 21.7 Å². The number of hydrogen-bond acceptors (Lipinski definition) is 5. The van der Waals surface area contributed by atoms with E-state index in [1.54, 1.807) is 18.5 Å². The van der Waals surface area contributed by atoms with Crippen LogP contribution >= 0.6 is 0 Å². The molecule has 3 rings (SSSR count). The summed E-state index contributed by atoms with van der Waals surface area (Å²) in [6.45, 7) is 3.48. The van der Waals surface area contributed by atoms with Crippen LogP contribution in [0.3, 0.4) is 0 Å². The minimum absolute atomic E-state index is 0.0248. The van der Waals surface area contributed by atoms with Gasteiger partial charge in [0.05, 0.1) is 27.5 Å². The van der Waals surface area contributed by atoms with Crippen LogP contribution in [0.5, 0.6) is 0 Å². The average Bonchev–Trinajstić information content (AvgIpc) is 3.00. The van der Waals surface area contributed by atoms with Gasteiger partial charge in [-0.3, -0.25) is 9.59 Å². The van der Waals surface area contributed by atoms with Gasteiger partial charge in [0.15, 0.2) is 0 Å². The molecule has 0 bridgehead atoms. The van der Waals surface area contributed by atoms with Gasteiger partial charge >= 0.3 is 0 Å². The molecule has 150 valence electrons. The largest absolute Gasteiger partial charge is 0.345 e. The Labute approximate surface area is 168 Å². The Morgan fingerprint density at radius 3 is 2.24 bits per heavy atom. The van der Waals surface area contributed by atoms with Crippen LogP contribution < -0.4 is 10.5 Å². The normalized spacial score (nSPS) is 11.3. The van der Waals surface area contributed by atoms with Crippen molar-refractivity contribution in [3.05, 3.63) is 77.1 Å². The van der Waals surface area contributed by atoms with Gasteiger partial charge in [0, 0.05) is 6.54 Å². The number of Topliss-reactive ketones (excluding diaryl/α,β-unsaturated/α-hetero) is 1. The molecule has 29 heavy (non-hydrogen) atoms. The number of carbonyl (C=O) groups excluding carboxylic acids is 2.